The van der Waals surface area contributed by atoms with Gasteiger partial charge in [0.05, 0.1) is 12.2 Å². The molecule has 1 aliphatic rings. The van der Waals surface area contributed by atoms with Crippen molar-refractivity contribution in [1.29, 1.82) is 0 Å². The van der Waals surface area contributed by atoms with Crippen molar-refractivity contribution in [2.24, 2.45) is 5.92 Å². The van der Waals surface area contributed by atoms with Gasteiger partial charge in [0.1, 0.15) is 0 Å². The zero-order valence-electron chi connectivity index (χ0n) is 14.8. The number of Topliss-reactive ketones (excluding diaryl/α,β-unsaturated/α-hetero) is 1. The first-order valence-electron chi connectivity index (χ1n) is 8.49. The summed E-state index contributed by atoms with van der Waals surface area (Å²) in [6.07, 6.45) is 1.98. The molecule has 7 nitrogen and oxygen atoms in total. The number of para-hydroxylation sites is 1. The Morgan fingerprint density at radius 1 is 1.23 bits per heavy atom. The molecule has 2 heterocycles. The number of aromatic nitrogens is 1. The molecule has 0 radical (unpaired) electrons. The lowest BCUT2D eigenvalue weighted by molar-refractivity contribution is -0.148. The number of carbonyl (C=O) groups is 2. The second kappa shape index (κ2) is 7.20. The van der Waals surface area contributed by atoms with E-state index >= 15 is 0 Å². The maximum Gasteiger partial charge on any atom is 0.309 e. The molecule has 1 N–H and O–H groups in total. The molecular weight excluding hydrogens is 356 g/mol. The number of hydrogen-bond donors (Lipinski definition) is 1. The number of benzene rings is 1. The maximum atomic E-state index is 12.5. The monoisotopic (exact) mass is 378 g/mol. The van der Waals surface area contributed by atoms with Gasteiger partial charge in [-0.2, -0.15) is 0 Å². The predicted octanol–water partition coefficient (Wildman–Crippen LogP) is 1.87. The van der Waals surface area contributed by atoms with Crippen LogP contribution >= 0.6 is 0 Å². The normalized spacial score (nSPS) is 16.7. The molecule has 0 saturated carbocycles. The fourth-order valence-corrected chi connectivity index (χ4v) is 4.26. The SMILES string of the molecule is Cc1[nH]c2ccccc2c1C(=O)COC(=O)C1CCN(S(C)(=O)=O)CC1. The summed E-state index contributed by atoms with van der Waals surface area (Å²) in [4.78, 5) is 27.9. The van der Waals surface area contributed by atoms with E-state index in [1.54, 1.807) is 0 Å². The van der Waals surface area contributed by atoms with E-state index in [2.05, 4.69) is 4.98 Å². The third-order valence-corrected chi connectivity index (χ3v) is 6.08. The number of aryl methyl sites for hydroxylation is 1. The number of piperidine rings is 1. The van der Waals surface area contributed by atoms with Crippen LogP contribution in [-0.2, 0) is 19.6 Å². The van der Waals surface area contributed by atoms with Crippen LogP contribution in [0.15, 0.2) is 24.3 Å². The minimum absolute atomic E-state index is 0.248. The van der Waals surface area contributed by atoms with E-state index in [0.717, 1.165) is 22.9 Å². The second-order valence-electron chi connectivity index (χ2n) is 6.64. The maximum absolute atomic E-state index is 12.5. The third kappa shape index (κ3) is 3.81. The van der Waals surface area contributed by atoms with Crippen LogP contribution in [0.2, 0.25) is 0 Å². The summed E-state index contributed by atoms with van der Waals surface area (Å²) in [6.45, 7) is 2.10. The molecule has 0 aliphatic carbocycles. The average Bonchev–Trinajstić information content (AvgIpc) is 2.94. The number of aromatic amines is 1. The van der Waals surface area contributed by atoms with Gasteiger partial charge >= 0.3 is 5.97 Å². The molecule has 0 spiro atoms. The lowest BCUT2D eigenvalue weighted by atomic mass is 9.98. The van der Waals surface area contributed by atoms with Crippen molar-refractivity contribution in [1.82, 2.24) is 9.29 Å². The summed E-state index contributed by atoms with van der Waals surface area (Å²) in [5.41, 5.74) is 2.15. The number of H-pyrrole nitrogens is 1. The molecule has 140 valence electrons. The van der Waals surface area contributed by atoms with Gasteiger partial charge < -0.3 is 9.72 Å². The highest BCUT2D eigenvalue weighted by atomic mass is 32.2. The molecule has 1 aliphatic heterocycles. The number of nitrogens with zero attached hydrogens (tertiary/aromatic N) is 1. The molecule has 1 aromatic heterocycles. The van der Waals surface area contributed by atoms with E-state index in [-0.39, 0.29) is 18.3 Å². The first-order chi connectivity index (χ1) is 12.3. The van der Waals surface area contributed by atoms with E-state index in [1.807, 2.05) is 31.2 Å². The molecule has 1 saturated heterocycles. The number of esters is 1. The number of nitrogens with one attached hydrogen (secondary N) is 1. The predicted molar refractivity (Wildman–Crippen MR) is 97.5 cm³/mol. The highest BCUT2D eigenvalue weighted by Crippen LogP contribution is 2.23. The van der Waals surface area contributed by atoms with Crippen LogP contribution in [0, 0.1) is 12.8 Å². The van der Waals surface area contributed by atoms with Crippen LogP contribution in [0.4, 0.5) is 0 Å². The Bertz CT molecular complexity index is 940. The van der Waals surface area contributed by atoms with Gasteiger partial charge in [0, 0.05) is 35.2 Å². The third-order valence-electron chi connectivity index (χ3n) is 4.77. The summed E-state index contributed by atoms with van der Waals surface area (Å²) < 4.78 is 29.6. The highest BCUT2D eigenvalue weighted by molar-refractivity contribution is 7.88. The zero-order valence-corrected chi connectivity index (χ0v) is 15.6. The lowest BCUT2D eigenvalue weighted by Gasteiger charge is -2.28. The van der Waals surface area contributed by atoms with Crippen molar-refractivity contribution in [3.05, 3.63) is 35.5 Å². The Kier molecular flexibility index (Phi) is 5.15. The van der Waals surface area contributed by atoms with Crippen LogP contribution in [0.5, 0.6) is 0 Å². The molecule has 0 unspecified atom stereocenters. The van der Waals surface area contributed by atoms with Gasteiger partial charge in [-0.25, -0.2) is 12.7 Å². The van der Waals surface area contributed by atoms with Crippen LogP contribution in [-0.4, -0.2) is 55.4 Å². The number of sulfonamides is 1. The van der Waals surface area contributed by atoms with E-state index in [1.165, 1.54) is 4.31 Å². The molecule has 26 heavy (non-hydrogen) atoms. The zero-order chi connectivity index (χ0) is 18.9. The summed E-state index contributed by atoms with van der Waals surface area (Å²) in [5.74, 6) is -1.06. The Morgan fingerprint density at radius 3 is 2.54 bits per heavy atom. The van der Waals surface area contributed by atoms with Crippen LogP contribution in [0.25, 0.3) is 10.9 Å². The largest absolute Gasteiger partial charge is 0.457 e. The van der Waals surface area contributed by atoms with Gasteiger partial charge in [-0.3, -0.25) is 9.59 Å². The second-order valence-corrected chi connectivity index (χ2v) is 8.62. The van der Waals surface area contributed by atoms with Crippen molar-refractivity contribution < 1.29 is 22.7 Å². The van der Waals surface area contributed by atoms with Crippen molar-refractivity contribution >= 4 is 32.7 Å². The Labute approximate surface area is 152 Å². The van der Waals surface area contributed by atoms with Crippen molar-refractivity contribution in [2.45, 2.75) is 19.8 Å². The van der Waals surface area contributed by atoms with Gasteiger partial charge in [-0.1, -0.05) is 18.2 Å². The Balaban J connectivity index is 1.60. The van der Waals surface area contributed by atoms with E-state index in [9.17, 15) is 18.0 Å². The summed E-state index contributed by atoms with van der Waals surface area (Å²) in [7, 11) is -3.23. The Morgan fingerprint density at radius 2 is 1.88 bits per heavy atom. The van der Waals surface area contributed by atoms with Gasteiger partial charge in [0.25, 0.3) is 0 Å². The summed E-state index contributed by atoms with van der Waals surface area (Å²) in [5, 5.41) is 0.813. The number of fused-ring (bicyclic) bond motifs is 1. The molecule has 1 aromatic carbocycles. The first-order valence-corrected chi connectivity index (χ1v) is 10.3. The summed E-state index contributed by atoms with van der Waals surface area (Å²) in [6, 6.07) is 7.48. The number of carbonyl (C=O) groups excluding carboxylic acids is 2. The Hall–Kier alpha value is -2.19. The number of ether oxygens (including phenoxy) is 1. The minimum Gasteiger partial charge on any atom is -0.457 e. The molecular formula is C18H22N2O5S. The van der Waals surface area contributed by atoms with Crippen LogP contribution in [0.1, 0.15) is 28.9 Å². The quantitative estimate of drug-likeness (QED) is 0.633. The van der Waals surface area contributed by atoms with Gasteiger partial charge in [0.2, 0.25) is 15.8 Å². The van der Waals surface area contributed by atoms with E-state index in [0.29, 0.717) is 31.5 Å². The van der Waals surface area contributed by atoms with Gasteiger partial charge in [-0.05, 0) is 25.8 Å². The fraction of sp³-hybridized carbons (Fsp3) is 0.444. The van der Waals surface area contributed by atoms with Crippen LogP contribution < -0.4 is 0 Å². The van der Waals surface area contributed by atoms with Crippen molar-refractivity contribution in [3.63, 3.8) is 0 Å². The van der Waals surface area contributed by atoms with E-state index in [4.69, 9.17) is 4.74 Å². The topological polar surface area (TPSA) is 96.5 Å². The number of ketones is 1. The summed E-state index contributed by atoms with van der Waals surface area (Å²) >= 11 is 0. The standard InChI is InChI=1S/C18H22N2O5S/c1-12-17(14-5-3-4-6-15(14)19-12)16(21)11-25-18(22)13-7-9-20(10-8-13)26(2,23)24/h3-6,13,19H,7-11H2,1-2H3. The van der Waals surface area contributed by atoms with Gasteiger partial charge in [-0.15, -0.1) is 0 Å². The molecule has 2 aromatic rings. The minimum atomic E-state index is -3.23. The lowest BCUT2D eigenvalue weighted by Crippen LogP contribution is -2.40. The van der Waals surface area contributed by atoms with Crippen molar-refractivity contribution in [3.8, 4) is 0 Å². The number of hydrogen-bond acceptors (Lipinski definition) is 5. The number of rotatable bonds is 5. The highest BCUT2D eigenvalue weighted by Gasteiger charge is 2.30. The first kappa shape index (κ1) is 18.6. The average molecular weight is 378 g/mol. The van der Waals surface area contributed by atoms with E-state index < -0.39 is 16.0 Å². The fourth-order valence-electron chi connectivity index (χ4n) is 3.39. The van der Waals surface area contributed by atoms with Gasteiger partial charge in [0.15, 0.2) is 6.61 Å². The van der Waals surface area contributed by atoms with Crippen molar-refractivity contribution in [2.75, 3.05) is 26.0 Å². The molecule has 0 amide bonds. The van der Waals surface area contributed by atoms with Crippen LogP contribution in [0.3, 0.4) is 0 Å². The molecule has 1 fully saturated rings. The molecule has 3 rings (SSSR count). The molecule has 0 atom stereocenters. The molecule has 8 heteroatoms. The smallest absolute Gasteiger partial charge is 0.309 e. The molecule has 0 bridgehead atoms.